The first-order valence-electron chi connectivity index (χ1n) is 13.0. The maximum Gasteiger partial charge on any atom is 0.333 e. The molecule has 2 aliphatic heterocycles. The molecule has 2 N–H and O–H groups in total. The number of hydrogen-bond donors (Lipinski definition) is 2. The van der Waals surface area contributed by atoms with Crippen LogP contribution in [0.3, 0.4) is 0 Å². The second-order valence-corrected chi connectivity index (χ2v) is 11.5. The van der Waals surface area contributed by atoms with Gasteiger partial charge in [0.1, 0.15) is 16.1 Å². The van der Waals surface area contributed by atoms with E-state index in [9.17, 15) is 28.0 Å². The molecule has 2 aromatic heterocycles. The van der Waals surface area contributed by atoms with Crippen LogP contribution in [-0.2, 0) is 14.4 Å². The summed E-state index contributed by atoms with van der Waals surface area (Å²) in [4.78, 5) is 57.4. The summed E-state index contributed by atoms with van der Waals surface area (Å²) in [5.41, 5.74) is 1.09. The summed E-state index contributed by atoms with van der Waals surface area (Å²) in [6.45, 7) is -2.01. The van der Waals surface area contributed by atoms with Crippen molar-refractivity contribution < 1.29 is 28.0 Å². The fourth-order valence-corrected chi connectivity index (χ4v) is 6.36. The van der Waals surface area contributed by atoms with Gasteiger partial charge in [0.15, 0.2) is 5.15 Å². The Morgan fingerprint density at radius 1 is 1.15 bits per heavy atom. The number of amides is 4. The average molecular weight is 604 g/mol. The van der Waals surface area contributed by atoms with Gasteiger partial charge < -0.3 is 10.6 Å². The first kappa shape index (κ1) is 27.3. The Kier molecular flexibility index (Phi) is 7.20. The van der Waals surface area contributed by atoms with Gasteiger partial charge in [0.25, 0.3) is 11.8 Å². The summed E-state index contributed by atoms with van der Waals surface area (Å²) in [6.07, 6.45) is 4.35. The van der Waals surface area contributed by atoms with Crippen LogP contribution in [0.4, 0.5) is 13.8 Å². The minimum atomic E-state index is -2.81. The van der Waals surface area contributed by atoms with Gasteiger partial charge in [-0.25, -0.2) is 19.7 Å². The number of fused-ring (bicyclic) bond motifs is 2. The number of hydrogen-bond acceptors (Lipinski definition) is 7. The van der Waals surface area contributed by atoms with Gasteiger partial charge in [0.05, 0.1) is 6.20 Å². The molecule has 6 rings (SSSR count). The van der Waals surface area contributed by atoms with Crippen LogP contribution in [0.1, 0.15) is 54.2 Å². The molecular weight excluding hydrogens is 580 g/mol. The topological polar surface area (TPSA) is 130 Å². The number of halogens is 3. The maximum absolute atomic E-state index is 13.6. The number of aromatic nitrogens is 3. The molecular formula is C26H24ClF2N7O4S. The summed E-state index contributed by atoms with van der Waals surface area (Å²) in [6, 6.07) is 5.66. The number of alkyl halides is 2. The first-order valence-corrected chi connectivity index (χ1v) is 14.2. The number of nitrogens with one attached hydrogen (secondary N) is 2. The molecule has 2 atom stereocenters. The molecule has 1 saturated carbocycles. The summed E-state index contributed by atoms with van der Waals surface area (Å²) >= 11 is 7.20. The highest BCUT2D eigenvalue weighted by molar-refractivity contribution is 7.19. The van der Waals surface area contributed by atoms with E-state index in [1.54, 1.807) is 24.3 Å². The van der Waals surface area contributed by atoms with Crippen LogP contribution < -0.4 is 10.6 Å². The van der Waals surface area contributed by atoms with Crippen molar-refractivity contribution in [3.8, 4) is 10.6 Å². The zero-order valence-electron chi connectivity index (χ0n) is 21.4. The van der Waals surface area contributed by atoms with E-state index in [1.165, 1.54) is 16.2 Å². The van der Waals surface area contributed by atoms with Crippen LogP contribution in [0.15, 0.2) is 36.7 Å². The molecule has 4 amide bonds. The summed E-state index contributed by atoms with van der Waals surface area (Å²) in [5, 5.41) is 12.4. The summed E-state index contributed by atoms with van der Waals surface area (Å²) in [7, 11) is 0. The van der Waals surface area contributed by atoms with Crippen molar-refractivity contribution in [2.45, 2.75) is 38.3 Å². The number of thiazole rings is 1. The van der Waals surface area contributed by atoms with Gasteiger partial charge in [0, 0.05) is 42.8 Å². The fourth-order valence-electron chi connectivity index (χ4n) is 5.21. The third-order valence-corrected chi connectivity index (χ3v) is 8.78. The minimum Gasteiger partial charge on any atom is -0.340 e. The van der Waals surface area contributed by atoms with Gasteiger partial charge in [-0.1, -0.05) is 41.1 Å². The number of rotatable bonds is 8. The van der Waals surface area contributed by atoms with Gasteiger partial charge >= 0.3 is 6.55 Å². The van der Waals surface area contributed by atoms with Crippen LogP contribution in [-0.4, -0.2) is 61.5 Å². The van der Waals surface area contributed by atoms with Crippen molar-refractivity contribution in [3.63, 3.8) is 0 Å². The summed E-state index contributed by atoms with van der Waals surface area (Å²) < 4.78 is 26.2. The van der Waals surface area contributed by atoms with Crippen molar-refractivity contribution in [2.24, 2.45) is 11.8 Å². The lowest BCUT2D eigenvalue weighted by atomic mass is 9.95. The van der Waals surface area contributed by atoms with E-state index in [0.29, 0.717) is 45.9 Å². The van der Waals surface area contributed by atoms with Gasteiger partial charge in [0.2, 0.25) is 11.8 Å². The van der Waals surface area contributed by atoms with Crippen molar-refractivity contribution in [1.29, 1.82) is 0 Å². The molecule has 1 aromatic carbocycles. The van der Waals surface area contributed by atoms with E-state index in [-0.39, 0.29) is 28.4 Å². The quantitative estimate of drug-likeness (QED) is 0.402. The minimum absolute atomic E-state index is 0.0175. The third kappa shape index (κ3) is 5.28. The second-order valence-electron chi connectivity index (χ2n) is 10.1. The molecule has 1 aliphatic carbocycles. The average Bonchev–Trinajstić information content (AvgIpc) is 3.33. The van der Waals surface area contributed by atoms with Gasteiger partial charge in [-0.05, 0) is 36.8 Å². The number of hydrazine groups is 1. The van der Waals surface area contributed by atoms with Crippen molar-refractivity contribution in [1.82, 2.24) is 30.1 Å². The highest BCUT2D eigenvalue weighted by Crippen LogP contribution is 2.41. The zero-order valence-corrected chi connectivity index (χ0v) is 23.0. The number of anilines is 1. The van der Waals surface area contributed by atoms with Crippen LogP contribution in [0.2, 0.25) is 5.15 Å². The Bertz CT molecular complexity index is 1540. The Labute approximate surface area is 241 Å². The molecule has 0 radical (unpaired) electrons. The Morgan fingerprint density at radius 2 is 1.90 bits per heavy atom. The van der Waals surface area contributed by atoms with Crippen molar-refractivity contribution in [2.75, 3.05) is 18.4 Å². The van der Waals surface area contributed by atoms with Crippen molar-refractivity contribution in [3.05, 3.63) is 52.9 Å². The molecule has 214 valence electrons. The monoisotopic (exact) mass is 603 g/mol. The largest absolute Gasteiger partial charge is 0.340 e. The predicted molar refractivity (Wildman–Crippen MR) is 144 cm³/mol. The van der Waals surface area contributed by atoms with E-state index < -0.39 is 36.2 Å². The van der Waals surface area contributed by atoms with Crippen LogP contribution in [0.25, 0.3) is 10.6 Å². The molecule has 1 saturated heterocycles. The Balaban J connectivity index is 1.17. The number of carbonyl (C=O) groups is 4. The lowest BCUT2D eigenvalue weighted by Gasteiger charge is -2.28. The Morgan fingerprint density at radius 3 is 2.63 bits per heavy atom. The highest BCUT2D eigenvalue weighted by atomic mass is 35.5. The smallest absolute Gasteiger partial charge is 0.333 e. The number of benzene rings is 1. The molecule has 41 heavy (non-hydrogen) atoms. The maximum atomic E-state index is 13.6. The molecule has 3 aromatic rings. The van der Waals surface area contributed by atoms with Crippen LogP contribution in [0.5, 0.6) is 0 Å². The van der Waals surface area contributed by atoms with E-state index in [2.05, 4.69) is 20.7 Å². The fraction of sp³-hybridized carbons (Fsp3) is 0.385. The summed E-state index contributed by atoms with van der Waals surface area (Å²) in [5.74, 6) is -2.36. The van der Waals surface area contributed by atoms with E-state index in [1.807, 2.05) is 0 Å². The van der Waals surface area contributed by atoms with E-state index in [0.717, 1.165) is 30.4 Å². The molecule has 0 bridgehead atoms. The zero-order chi connectivity index (χ0) is 28.8. The molecule has 11 nitrogen and oxygen atoms in total. The van der Waals surface area contributed by atoms with Gasteiger partial charge in [-0.15, -0.1) is 0 Å². The molecule has 15 heteroatoms. The van der Waals surface area contributed by atoms with Crippen LogP contribution >= 0.6 is 22.9 Å². The molecule has 0 spiro atoms. The van der Waals surface area contributed by atoms with Gasteiger partial charge in [-0.3, -0.25) is 19.2 Å². The van der Waals surface area contributed by atoms with Crippen molar-refractivity contribution >= 4 is 51.6 Å². The van der Waals surface area contributed by atoms with Gasteiger partial charge in [-0.2, -0.15) is 13.9 Å². The van der Waals surface area contributed by atoms with Crippen LogP contribution in [0, 0.1) is 11.8 Å². The molecule has 0 unspecified atom stereocenters. The molecule has 4 heterocycles. The third-order valence-electron chi connectivity index (χ3n) is 7.38. The molecule has 3 aliphatic rings. The second kappa shape index (κ2) is 10.8. The predicted octanol–water partition coefficient (Wildman–Crippen LogP) is 3.87. The first-order chi connectivity index (χ1) is 19.7. The highest BCUT2D eigenvalue weighted by Gasteiger charge is 2.44. The standard InChI is InChI=1S/C26H24ClF2N7O4S/c27-20-23(41-22(33-20)14-11-30-34(12-14)26(28)29)31-18(37)10-17(13-6-7-13)21(38)32-19-15-4-1-2-5-16(15)24(39)35-8-3-9-36(35)25(19)40/h1-2,4-5,11-13,17,19,26H,3,6-10H2,(H,31,37)(H,32,38)/t17-,19-/m0/s1. The lowest BCUT2D eigenvalue weighted by molar-refractivity contribution is -0.145. The number of nitrogens with zero attached hydrogens (tertiary/aromatic N) is 5. The normalized spacial score (nSPS) is 19.2. The van der Waals surface area contributed by atoms with E-state index in [4.69, 9.17) is 11.6 Å². The van der Waals surface area contributed by atoms with E-state index >= 15 is 0 Å². The molecule has 2 fully saturated rings. The SMILES string of the molecule is O=C(C[C@H](C(=O)N[C@@H]1C(=O)N2CCCN2C(=O)c2ccccc21)C1CC1)Nc1sc(-c2cnn(C(F)F)c2)nc1Cl. The Hall–Kier alpha value is -3.91. The number of carbonyl (C=O) groups excluding carboxylic acids is 4. The lowest BCUT2D eigenvalue weighted by Crippen LogP contribution is -2.48.